The van der Waals surface area contributed by atoms with Crippen LogP contribution in [-0.4, -0.2) is 40.3 Å². The Balaban J connectivity index is 1.75. The van der Waals surface area contributed by atoms with Crippen LogP contribution in [-0.2, 0) is 4.79 Å². The molecule has 0 spiro atoms. The van der Waals surface area contributed by atoms with Crippen LogP contribution in [0.2, 0.25) is 0 Å². The van der Waals surface area contributed by atoms with E-state index < -0.39 is 0 Å². The molecule has 1 amide bonds. The molecule has 2 rings (SSSR count). The second kappa shape index (κ2) is 6.53. The molecule has 1 fully saturated rings. The Morgan fingerprint density at radius 1 is 1.58 bits per heavy atom. The Bertz CT molecular complexity index is 478. The second-order valence-electron chi connectivity index (χ2n) is 4.33. The van der Waals surface area contributed by atoms with Crippen molar-refractivity contribution in [1.82, 2.24) is 9.88 Å². The molecular formula is C13H14BrN3O2. The summed E-state index contributed by atoms with van der Waals surface area (Å²) in [6.45, 7) is 1.23. The third-order valence-electron chi connectivity index (χ3n) is 2.88. The first kappa shape index (κ1) is 13.8. The van der Waals surface area contributed by atoms with Gasteiger partial charge in [-0.3, -0.25) is 4.79 Å². The summed E-state index contributed by atoms with van der Waals surface area (Å²) in [5.74, 6) is 0.670. The van der Waals surface area contributed by atoms with E-state index in [4.69, 9.17) is 10.00 Å². The Kier molecular flexibility index (Phi) is 4.74. The van der Waals surface area contributed by atoms with Gasteiger partial charge in [0.15, 0.2) is 0 Å². The molecule has 0 saturated carbocycles. The van der Waals surface area contributed by atoms with E-state index in [1.54, 1.807) is 17.0 Å². The molecule has 0 atom stereocenters. The van der Waals surface area contributed by atoms with Crippen LogP contribution in [0.4, 0.5) is 0 Å². The lowest BCUT2D eigenvalue weighted by Crippen LogP contribution is -2.56. The summed E-state index contributed by atoms with van der Waals surface area (Å²) in [6, 6.07) is 5.34. The van der Waals surface area contributed by atoms with Crippen LogP contribution >= 0.6 is 15.9 Å². The van der Waals surface area contributed by atoms with Crippen LogP contribution in [0.1, 0.15) is 18.4 Å². The molecule has 0 N–H and O–H groups in total. The molecule has 0 aromatic carbocycles. The van der Waals surface area contributed by atoms with Gasteiger partial charge in [-0.1, -0.05) is 15.9 Å². The lowest BCUT2D eigenvalue weighted by Gasteiger charge is -2.38. The molecule has 5 nitrogen and oxygen atoms in total. The van der Waals surface area contributed by atoms with Gasteiger partial charge in [0.1, 0.15) is 12.2 Å². The van der Waals surface area contributed by atoms with Crippen LogP contribution in [0.25, 0.3) is 0 Å². The topological polar surface area (TPSA) is 66.2 Å². The number of amides is 1. The van der Waals surface area contributed by atoms with Crippen molar-refractivity contribution < 1.29 is 9.53 Å². The molecular weight excluding hydrogens is 310 g/mol. The molecule has 6 heteroatoms. The van der Waals surface area contributed by atoms with E-state index in [2.05, 4.69) is 20.9 Å². The van der Waals surface area contributed by atoms with Crippen LogP contribution in [0.3, 0.4) is 0 Å². The smallest absolute Gasteiger partial charge is 0.222 e. The largest absolute Gasteiger partial charge is 0.471 e. The average molecular weight is 324 g/mol. The van der Waals surface area contributed by atoms with E-state index in [0.717, 1.165) is 11.8 Å². The summed E-state index contributed by atoms with van der Waals surface area (Å²) >= 11 is 3.31. The van der Waals surface area contributed by atoms with Gasteiger partial charge in [0, 0.05) is 24.0 Å². The summed E-state index contributed by atoms with van der Waals surface area (Å²) < 4.78 is 5.61. The van der Waals surface area contributed by atoms with Crippen molar-refractivity contribution in [2.75, 3.05) is 18.4 Å². The molecule has 1 aliphatic heterocycles. The zero-order valence-corrected chi connectivity index (χ0v) is 12.0. The number of carbonyl (C=O) groups is 1. The summed E-state index contributed by atoms with van der Waals surface area (Å²) in [4.78, 5) is 17.5. The number of likely N-dealkylation sites (tertiary alicyclic amines) is 1. The minimum atomic E-state index is 0.00774. The molecule has 0 radical (unpaired) electrons. The van der Waals surface area contributed by atoms with Crippen LogP contribution in [0.15, 0.2) is 18.3 Å². The van der Waals surface area contributed by atoms with E-state index in [1.165, 1.54) is 6.20 Å². The Morgan fingerprint density at radius 2 is 2.37 bits per heavy atom. The maximum atomic E-state index is 11.7. The van der Waals surface area contributed by atoms with Gasteiger partial charge in [-0.05, 0) is 12.5 Å². The number of nitriles is 1. The zero-order chi connectivity index (χ0) is 13.7. The monoisotopic (exact) mass is 323 g/mol. The summed E-state index contributed by atoms with van der Waals surface area (Å²) in [7, 11) is 0. The highest BCUT2D eigenvalue weighted by molar-refractivity contribution is 9.09. The third kappa shape index (κ3) is 3.67. The molecule has 0 unspecified atom stereocenters. The molecule has 1 aromatic heterocycles. The van der Waals surface area contributed by atoms with Gasteiger partial charge >= 0.3 is 0 Å². The Hall–Kier alpha value is -1.61. The Labute approximate surface area is 120 Å². The predicted octanol–water partition coefficient (Wildman–Crippen LogP) is 1.72. The number of hydrogen-bond acceptors (Lipinski definition) is 4. The maximum absolute atomic E-state index is 11.7. The number of ether oxygens (including phenoxy) is 1. The molecule has 1 saturated heterocycles. The zero-order valence-electron chi connectivity index (χ0n) is 10.4. The number of halogens is 1. The van der Waals surface area contributed by atoms with Crippen molar-refractivity contribution in [1.29, 1.82) is 5.26 Å². The lowest BCUT2D eigenvalue weighted by atomic mass is 10.1. The van der Waals surface area contributed by atoms with Crippen molar-refractivity contribution in [3.63, 3.8) is 0 Å². The van der Waals surface area contributed by atoms with Crippen LogP contribution in [0, 0.1) is 11.3 Å². The highest BCUT2D eigenvalue weighted by atomic mass is 79.9. The molecule has 0 bridgehead atoms. The average Bonchev–Trinajstić information content (AvgIpc) is 2.40. The summed E-state index contributed by atoms with van der Waals surface area (Å²) in [6.07, 6.45) is 2.92. The van der Waals surface area contributed by atoms with E-state index in [0.29, 0.717) is 31.0 Å². The highest BCUT2D eigenvalue weighted by Crippen LogP contribution is 2.17. The lowest BCUT2D eigenvalue weighted by molar-refractivity contribution is -0.140. The summed E-state index contributed by atoms with van der Waals surface area (Å²) in [5, 5.41) is 9.50. The number of carbonyl (C=O) groups excluding carboxylic acids is 1. The van der Waals surface area contributed by atoms with Crippen LogP contribution < -0.4 is 4.74 Å². The van der Waals surface area contributed by atoms with Crippen molar-refractivity contribution >= 4 is 21.8 Å². The fourth-order valence-corrected chi connectivity index (χ4v) is 2.06. The van der Waals surface area contributed by atoms with Crippen molar-refractivity contribution in [2.45, 2.75) is 18.9 Å². The molecule has 100 valence electrons. The number of pyridine rings is 1. The molecule has 0 aliphatic carbocycles. The number of hydrogen-bond donors (Lipinski definition) is 0. The fraction of sp³-hybridized carbons (Fsp3) is 0.462. The van der Waals surface area contributed by atoms with Crippen molar-refractivity contribution in [3.8, 4) is 11.9 Å². The second-order valence-corrected chi connectivity index (χ2v) is 5.12. The number of nitrogens with zero attached hydrogens (tertiary/aromatic N) is 3. The SMILES string of the molecule is N#Cc1ccc(OC2CN(C(=O)CCCBr)C2)nc1. The first-order valence-electron chi connectivity index (χ1n) is 6.09. The van der Waals surface area contributed by atoms with E-state index in [-0.39, 0.29) is 12.0 Å². The standard InChI is InChI=1S/C13H14BrN3O2/c14-5-1-2-13(18)17-8-11(9-17)19-12-4-3-10(6-15)7-16-12/h3-4,7,11H,1-2,5,8-9H2. The molecule has 2 heterocycles. The van der Waals surface area contributed by atoms with E-state index in [1.807, 2.05) is 6.07 Å². The minimum Gasteiger partial charge on any atom is -0.471 e. The van der Waals surface area contributed by atoms with Gasteiger partial charge in [-0.2, -0.15) is 5.26 Å². The van der Waals surface area contributed by atoms with Gasteiger partial charge in [0.25, 0.3) is 0 Å². The molecule has 1 aliphatic rings. The normalized spacial score (nSPS) is 14.6. The van der Waals surface area contributed by atoms with Crippen molar-refractivity contribution in [3.05, 3.63) is 23.9 Å². The van der Waals surface area contributed by atoms with E-state index in [9.17, 15) is 4.79 Å². The highest BCUT2D eigenvalue weighted by Gasteiger charge is 2.31. The van der Waals surface area contributed by atoms with Gasteiger partial charge < -0.3 is 9.64 Å². The number of aromatic nitrogens is 1. The predicted molar refractivity (Wildman–Crippen MR) is 73.0 cm³/mol. The van der Waals surface area contributed by atoms with Crippen LogP contribution in [0.5, 0.6) is 5.88 Å². The van der Waals surface area contributed by atoms with Gasteiger partial charge in [0.2, 0.25) is 11.8 Å². The third-order valence-corrected chi connectivity index (χ3v) is 3.44. The Morgan fingerprint density at radius 3 is 2.95 bits per heavy atom. The van der Waals surface area contributed by atoms with Gasteiger partial charge in [0.05, 0.1) is 18.7 Å². The van der Waals surface area contributed by atoms with Gasteiger partial charge in [-0.25, -0.2) is 4.98 Å². The molecule has 19 heavy (non-hydrogen) atoms. The quantitative estimate of drug-likeness (QED) is 0.774. The van der Waals surface area contributed by atoms with Crippen molar-refractivity contribution in [2.24, 2.45) is 0 Å². The summed E-state index contributed by atoms with van der Waals surface area (Å²) in [5.41, 5.74) is 0.507. The number of alkyl halides is 1. The number of rotatable bonds is 5. The van der Waals surface area contributed by atoms with E-state index >= 15 is 0 Å². The maximum Gasteiger partial charge on any atom is 0.222 e. The fourth-order valence-electron chi connectivity index (χ4n) is 1.78. The minimum absolute atomic E-state index is 0.00774. The molecule has 1 aromatic rings. The first-order chi connectivity index (χ1) is 9.22. The first-order valence-corrected chi connectivity index (χ1v) is 7.21. The van der Waals surface area contributed by atoms with Gasteiger partial charge in [-0.15, -0.1) is 0 Å².